The fraction of sp³-hybridized carbons (Fsp3) is 0.154. The lowest BCUT2D eigenvalue weighted by atomic mass is 10.2. The maximum Gasteiger partial charge on any atom is 0.372 e. The van der Waals surface area contributed by atoms with Crippen molar-refractivity contribution >= 4 is 23.3 Å². The number of ether oxygens (including phenoxy) is 1. The van der Waals surface area contributed by atoms with Crippen LogP contribution in [0.15, 0.2) is 34.9 Å². The molecular weight excluding hydrogens is 270 g/mol. The summed E-state index contributed by atoms with van der Waals surface area (Å²) in [6.07, 6.45) is 1.34. The first-order valence-corrected chi connectivity index (χ1v) is 5.86. The lowest BCUT2D eigenvalue weighted by Gasteiger charge is -2.11. The molecule has 0 aliphatic carbocycles. The summed E-state index contributed by atoms with van der Waals surface area (Å²) in [6, 6.07) is 6.76. The Kier molecular flexibility index (Phi) is 3.97. The zero-order valence-electron chi connectivity index (χ0n) is 10.1. The molecule has 0 aliphatic rings. The summed E-state index contributed by atoms with van der Waals surface area (Å²) >= 11 is 5.91. The van der Waals surface area contributed by atoms with E-state index in [2.05, 4.69) is 5.32 Å². The van der Waals surface area contributed by atoms with Crippen LogP contribution in [0.2, 0.25) is 5.02 Å². The molecule has 6 heteroatoms. The Morgan fingerprint density at radius 1 is 1.47 bits per heavy atom. The summed E-state index contributed by atoms with van der Waals surface area (Å²) in [4.78, 5) is 10.9. The van der Waals surface area contributed by atoms with E-state index >= 15 is 0 Å². The van der Waals surface area contributed by atoms with E-state index in [4.69, 9.17) is 25.9 Å². The van der Waals surface area contributed by atoms with E-state index in [1.807, 2.05) is 0 Å². The highest BCUT2D eigenvalue weighted by Crippen LogP contribution is 2.28. The van der Waals surface area contributed by atoms with Crippen LogP contribution in [0.5, 0.6) is 5.75 Å². The molecule has 0 unspecified atom stereocenters. The average Bonchev–Trinajstić information content (AvgIpc) is 2.85. The third kappa shape index (κ3) is 3.00. The van der Waals surface area contributed by atoms with E-state index in [0.29, 0.717) is 28.6 Å². The van der Waals surface area contributed by atoms with Crippen LogP contribution in [0.25, 0.3) is 0 Å². The molecule has 0 spiro atoms. The molecule has 0 amide bonds. The Morgan fingerprint density at radius 3 is 2.95 bits per heavy atom. The Balaban J connectivity index is 2.16. The van der Waals surface area contributed by atoms with Crippen molar-refractivity contribution in [2.75, 3.05) is 12.4 Å². The number of nitrogens with one attached hydrogen (secondary N) is 1. The van der Waals surface area contributed by atoms with Gasteiger partial charge in [0, 0.05) is 17.1 Å². The summed E-state index contributed by atoms with van der Waals surface area (Å²) in [6.45, 7) is 0.300. The summed E-state index contributed by atoms with van der Waals surface area (Å²) in [5.74, 6) is -0.543. The molecule has 19 heavy (non-hydrogen) atoms. The standard InChI is InChI=1S/C13H12ClNO4/c1-18-11-3-2-9(14)6-10(11)15-7-8-4-5-19-12(8)13(16)17/h2-6,15H,7H2,1H3,(H,16,17). The first-order chi connectivity index (χ1) is 9.11. The van der Waals surface area contributed by atoms with Gasteiger partial charge in [0.15, 0.2) is 0 Å². The van der Waals surface area contributed by atoms with Crippen molar-refractivity contribution in [3.63, 3.8) is 0 Å². The number of aromatic carboxylic acids is 1. The van der Waals surface area contributed by atoms with Crippen LogP contribution in [-0.4, -0.2) is 18.2 Å². The lowest BCUT2D eigenvalue weighted by molar-refractivity contribution is 0.0661. The van der Waals surface area contributed by atoms with Gasteiger partial charge in [-0.3, -0.25) is 0 Å². The zero-order valence-corrected chi connectivity index (χ0v) is 10.9. The van der Waals surface area contributed by atoms with Gasteiger partial charge in [0.1, 0.15) is 5.75 Å². The minimum atomic E-state index is -1.10. The van der Waals surface area contributed by atoms with Crippen LogP contribution in [0.3, 0.4) is 0 Å². The van der Waals surface area contributed by atoms with Gasteiger partial charge in [-0.05, 0) is 24.3 Å². The molecule has 100 valence electrons. The number of rotatable bonds is 5. The maximum absolute atomic E-state index is 10.9. The second-order valence-electron chi connectivity index (χ2n) is 3.78. The predicted octanol–water partition coefficient (Wildman–Crippen LogP) is 3.25. The van der Waals surface area contributed by atoms with E-state index in [1.165, 1.54) is 6.26 Å². The minimum absolute atomic E-state index is 0.0755. The van der Waals surface area contributed by atoms with Crippen LogP contribution in [0, 0.1) is 0 Å². The molecule has 2 aromatic rings. The van der Waals surface area contributed by atoms with Gasteiger partial charge in [-0.1, -0.05) is 11.6 Å². The van der Waals surface area contributed by atoms with E-state index in [0.717, 1.165) is 0 Å². The number of methoxy groups -OCH3 is 1. The quantitative estimate of drug-likeness (QED) is 0.880. The first kappa shape index (κ1) is 13.3. The second-order valence-corrected chi connectivity index (χ2v) is 4.21. The SMILES string of the molecule is COc1ccc(Cl)cc1NCc1ccoc1C(=O)O. The fourth-order valence-corrected chi connectivity index (χ4v) is 1.84. The summed E-state index contributed by atoms with van der Waals surface area (Å²) in [5.41, 5.74) is 1.24. The smallest absolute Gasteiger partial charge is 0.372 e. The van der Waals surface area contributed by atoms with Gasteiger partial charge in [-0.25, -0.2) is 4.79 Å². The summed E-state index contributed by atoms with van der Waals surface area (Å²) in [7, 11) is 1.55. The third-order valence-corrected chi connectivity index (χ3v) is 2.81. The number of carbonyl (C=O) groups is 1. The van der Waals surface area contributed by atoms with E-state index < -0.39 is 5.97 Å². The van der Waals surface area contributed by atoms with E-state index in [1.54, 1.807) is 31.4 Å². The van der Waals surface area contributed by atoms with Gasteiger partial charge < -0.3 is 19.6 Å². The van der Waals surface area contributed by atoms with Gasteiger partial charge in [0.25, 0.3) is 0 Å². The highest BCUT2D eigenvalue weighted by atomic mass is 35.5. The monoisotopic (exact) mass is 281 g/mol. The lowest BCUT2D eigenvalue weighted by Crippen LogP contribution is -2.05. The van der Waals surface area contributed by atoms with Crippen LogP contribution in [0.1, 0.15) is 16.1 Å². The normalized spacial score (nSPS) is 10.2. The third-order valence-electron chi connectivity index (χ3n) is 2.57. The molecule has 5 nitrogen and oxygen atoms in total. The molecule has 0 atom stereocenters. The second kappa shape index (κ2) is 5.67. The Hall–Kier alpha value is -2.14. The Bertz CT molecular complexity index is 594. The maximum atomic E-state index is 10.9. The van der Waals surface area contributed by atoms with Gasteiger partial charge in [0.2, 0.25) is 5.76 Å². The van der Waals surface area contributed by atoms with Crippen molar-refractivity contribution in [3.8, 4) is 5.75 Å². The topological polar surface area (TPSA) is 71.7 Å². The number of carboxylic acids is 1. The number of hydrogen-bond acceptors (Lipinski definition) is 4. The molecule has 1 aromatic heterocycles. The number of benzene rings is 1. The van der Waals surface area contributed by atoms with Gasteiger partial charge in [0.05, 0.1) is 19.1 Å². The highest BCUT2D eigenvalue weighted by Gasteiger charge is 2.14. The van der Waals surface area contributed by atoms with E-state index in [9.17, 15) is 4.79 Å². The number of hydrogen-bond donors (Lipinski definition) is 2. The molecule has 2 rings (SSSR count). The molecule has 0 bridgehead atoms. The van der Waals surface area contributed by atoms with Crippen molar-refractivity contribution in [1.29, 1.82) is 0 Å². The molecule has 0 saturated heterocycles. The summed E-state index contributed by atoms with van der Waals surface area (Å²) < 4.78 is 10.1. The fourth-order valence-electron chi connectivity index (χ4n) is 1.67. The number of anilines is 1. The number of furan rings is 1. The van der Waals surface area contributed by atoms with Gasteiger partial charge >= 0.3 is 5.97 Å². The Morgan fingerprint density at radius 2 is 2.26 bits per heavy atom. The number of carboxylic acid groups (broad SMARTS) is 1. The molecule has 0 radical (unpaired) electrons. The largest absolute Gasteiger partial charge is 0.495 e. The summed E-state index contributed by atoms with van der Waals surface area (Å²) in [5, 5.41) is 12.6. The van der Waals surface area contributed by atoms with Crippen molar-refractivity contribution in [2.24, 2.45) is 0 Å². The Labute approximate surface area is 114 Å². The van der Waals surface area contributed by atoms with Crippen LogP contribution < -0.4 is 10.1 Å². The molecule has 0 fully saturated rings. The molecule has 0 aliphatic heterocycles. The minimum Gasteiger partial charge on any atom is -0.495 e. The molecule has 1 aromatic carbocycles. The van der Waals surface area contributed by atoms with Gasteiger partial charge in [-0.2, -0.15) is 0 Å². The van der Waals surface area contributed by atoms with Crippen molar-refractivity contribution in [3.05, 3.63) is 46.9 Å². The van der Waals surface area contributed by atoms with E-state index in [-0.39, 0.29) is 5.76 Å². The highest BCUT2D eigenvalue weighted by molar-refractivity contribution is 6.30. The number of halogens is 1. The first-order valence-electron chi connectivity index (χ1n) is 5.49. The molecule has 0 saturated carbocycles. The van der Waals surface area contributed by atoms with Gasteiger partial charge in [-0.15, -0.1) is 0 Å². The van der Waals surface area contributed by atoms with Crippen molar-refractivity contribution in [1.82, 2.24) is 0 Å². The molecule has 2 N–H and O–H groups in total. The average molecular weight is 282 g/mol. The van der Waals surface area contributed by atoms with Crippen molar-refractivity contribution in [2.45, 2.75) is 6.54 Å². The van der Waals surface area contributed by atoms with Crippen molar-refractivity contribution < 1.29 is 19.1 Å². The zero-order chi connectivity index (χ0) is 13.8. The molecule has 1 heterocycles. The predicted molar refractivity (Wildman–Crippen MR) is 71.0 cm³/mol. The van der Waals surface area contributed by atoms with Crippen LogP contribution in [-0.2, 0) is 6.54 Å². The molecular formula is C13H12ClNO4. The van der Waals surface area contributed by atoms with Crippen LogP contribution in [0.4, 0.5) is 5.69 Å². The van der Waals surface area contributed by atoms with Crippen LogP contribution >= 0.6 is 11.6 Å².